The zero-order valence-corrected chi connectivity index (χ0v) is 8.96. The van der Waals surface area contributed by atoms with Gasteiger partial charge in [-0.15, -0.1) is 0 Å². The second kappa shape index (κ2) is 4.95. The second-order valence-electron chi connectivity index (χ2n) is 3.98. The molecular formula is C9H17NO4. The van der Waals surface area contributed by atoms with Gasteiger partial charge in [-0.05, 0) is 27.7 Å². The quantitative estimate of drug-likeness (QED) is 0.624. The molecule has 0 aliphatic rings. The highest BCUT2D eigenvalue weighted by molar-refractivity contribution is 5.84. The van der Waals surface area contributed by atoms with Gasteiger partial charge in [0.05, 0.1) is 0 Å². The smallest absolute Gasteiger partial charge is 0.328 e. The lowest BCUT2D eigenvalue weighted by Crippen LogP contribution is -2.43. The first-order valence-electron chi connectivity index (χ1n) is 4.39. The van der Waals surface area contributed by atoms with Gasteiger partial charge in [0.15, 0.2) is 0 Å². The molecule has 14 heavy (non-hydrogen) atoms. The lowest BCUT2D eigenvalue weighted by atomic mass is 10.2. The van der Waals surface area contributed by atoms with Crippen LogP contribution in [0.25, 0.3) is 0 Å². The number of aliphatic hydroxyl groups is 1. The van der Waals surface area contributed by atoms with Crippen molar-refractivity contribution in [1.29, 1.82) is 0 Å². The first kappa shape index (κ1) is 12.9. The molecular weight excluding hydrogens is 186 g/mol. The molecule has 1 unspecified atom stereocenters. The topological polar surface area (TPSA) is 75.6 Å². The van der Waals surface area contributed by atoms with Gasteiger partial charge in [0.1, 0.15) is 18.2 Å². The van der Waals surface area contributed by atoms with Crippen LogP contribution in [0.1, 0.15) is 27.7 Å². The Morgan fingerprint density at radius 1 is 1.43 bits per heavy atom. The Hall–Kier alpha value is -1.10. The summed E-state index contributed by atoms with van der Waals surface area (Å²) in [5.74, 6) is -1.11. The van der Waals surface area contributed by atoms with Gasteiger partial charge >= 0.3 is 5.97 Å². The number of hydrogen-bond acceptors (Lipinski definition) is 4. The van der Waals surface area contributed by atoms with E-state index < -0.39 is 30.1 Å². The Bertz CT molecular complexity index is 219. The SMILES string of the molecule is CC(NC(=O)CO)C(=O)OC(C)(C)C. The largest absolute Gasteiger partial charge is 0.458 e. The van der Waals surface area contributed by atoms with Gasteiger partial charge in [-0.2, -0.15) is 0 Å². The zero-order valence-electron chi connectivity index (χ0n) is 8.96. The number of rotatable bonds is 3. The van der Waals surface area contributed by atoms with Crippen molar-refractivity contribution in [2.24, 2.45) is 0 Å². The molecule has 5 nitrogen and oxygen atoms in total. The number of carbonyl (C=O) groups is 2. The van der Waals surface area contributed by atoms with Crippen molar-refractivity contribution in [3.8, 4) is 0 Å². The van der Waals surface area contributed by atoms with Crippen molar-refractivity contribution in [3.05, 3.63) is 0 Å². The van der Waals surface area contributed by atoms with Crippen molar-refractivity contribution < 1.29 is 19.4 Å². The van der Waals surface area contributed by atoms with Crippen molar-refractivity contribution in [1.82, 2.24) is 5.32 Å². The molecule has 0 spiro atoms. The summed E-state index contributed by atoms with van der Waals surface area (Å²) in [5, 5.41) is 10.7. The fourth-order valence-corrected chi connectivity index (χ4v) is 0.736. The third-order valence-electron chi connectivity index (χ3n) is 1.28. The monoisotopic (exact) mass is 203 g/mol. The van der Waals surface area contributed by atoms with Crippen LogP contribution in [0.4, 0.5) is 0 Å². The summed E-state index contributed by atoms with van der Waals surface area (Å²) in [6.07, 6.45) is 0. The Morgan fingerprint density at radius 2 is 1.93 bits per heavy atom. The Balaban J connectivity index is 4.07. The summed E-state index contributed by atoms with van der Waals surface area (Å²) in [5.41, 5.74) is -0.574. The molecule has 0 saturated heterocycles. The van der Waals surface area contributed by atoms with Crippen LogP contribution in [0.2, 0.25) is 0 Å². The molecule has 0 bridgehead atoms. The van der Waals surface area contributed by atoms with E-state index in [9.17, 15) is 9.59 Å². The second-order valence-corrected chi connectivity index (χ2v) is 3.98. The summed E-state index contributed by atoms with van der Waals surface area (Å²) in [6, 6.07) is -0.742. The standard InChI is InChI=1S/C9H17NO4/c1-6(10-7(12)5-11)8(13)14-9(2,3)4/h6,11H,5H2,1-4H3,(H,10,12). The van der Waals surface area contributed by atoms with E-state index in [-0.39, 0.29) is 0 Å². The van der Waals surface area contributed by atoms with Crippen molar-refractivity contribution in [2.45, 2.75) is 39.3 Å². The van der Waals surface area contributed by atoms with Gasteiger partial charge in [-0.25, -0.2) is 4.79 Å². The predicted molar refractivity (Wildman–Crippen MR) is 50.5 cm³/mol. The van der Waals surface area contributed by atoms with Crippen molar-refractivity contribution in [2.75, 3.05) is 6.61 Å². The van der Waals surface area contributed by atoms with Gasteiger partial charge < -0.3 is 15.2 Å². The summed E-state index contributed by atoms with van der Waals surface area (Å²) in [7, 11) is 0. The summed E-state index contributed by atoms with van der Waals surface area (Å²) in [6.45, 7) is 6.09. The average Bonchev–Trinajstić information content (AvgIpc) is 2.00. The van der Waals surface area contributed by atoms with E-state index in [0.717, 1.165) is 0 Å². The minimum Gasteiger partial charge on any atom is -0.458 e. The van der Waals surface area contributed by atoms with Crippen LogP contribution in [-0.4, -0.2) is 35.2 Å². The Morgan fingerprint density at radius 3 is 2.29 bits per heavy atom. The van der Waals surface area contributed by atoms with E-state index in [1.165, 1.54) is 6.92 Å². The first-order valence-corrected chi connectivity index (χ1v) is 4.39. The van der Waals surface area contributed by atoms with E-state index in [1.54, 1.807) is 20.8 Å². The van der Waals surface area contributed by atoms with Crippen LogP contribution in [0.5, 0.6) is 0 Å². The van der Waals surface area contributed by atoms with Crippen LogP contribution in [0, 0.1) is 0 Å². The Labute approximate surface area is 83.4 Å². The minimum absolute atomic E-state index is 0.515. The molecule has 1 atom stereocenters. The number of hydrogen-bond donors (Lipinski definition) is 2. The highest BCUT2D eigenvalue weighted by Crippen LogP contribution is 2.08. The van der Waals surface area contributed by atoms with E-state index in [0.29, 0.717) is 0 Å². The number of aliphatic hydroxyl groups excluding tert-OH is 1. The molecule has 0 aromatic carbocycles. The van der Waals surface area contributed by atoms with Crippen LogP contribution < -0.4 is 5.32 Å². The third kappa shape index (κ3) is 5.53. The molecule has 82 valence electrons. The third-order valence-corrected chi connectivity index (χ3v) is 1.28. The van der Waals surface area contributed by atoms with Crippen LogP contribution in [-0.2, 0) is 14.3 Å². The highest BCUT2D eigenvalue weighted by Gasteiger charge is 2.22. The maximum Gasteiger partial charge on any atom is 0.328 e. The van der Waals surface area contributed by atoms with Crippen LogP contribution in [0.15, 0.2) is 0 Å². The van der Waals surface area contributed by atoms with Gasteiger partial charge in [-0.1, -0.05) is 0 Å². The molecule has 0 radical (unpaired) electrons. The van der Waals surface area contributed by atoms with Crippen LogP contribution >= 0.6 is 0 Å². The molecule has 0 aromatic heterocycles. The normalized spacial score (nSPS) is 13.2. The average molecular weight is 203 g/mol. The maximum atomic E-state index is 11.3. The number of nitrogens with one attached hydrogen (secondary N) is 1. The van der Waals surface area contributed by atoms with E-state index >= 15 is 0 Å². The molecule has 0 rings (SSSR count). The fourth-order valence-electron chi connectivity index (χ4n) is 0.736. The summed E-state index contributed by atoms with van der Waals surface area (Å²) >= 11 is 0. The van der Waals surface area contributed by atoms with E-state index in [2.05, 4.69) is 5.32 Å². The zero-order chi connectivity index (χ0) is 11.4. The van der Waals surface area contributed by atoms with E-state index in [1.807, 2.05) is 0 Å². The highest BCUT2D eigenvalue weighted by atomic mass is 16.6. The van der Waals surface area contributed by atoms with Gasteiger partial charge in [0.25, 0.3) is 0 Å². The molecule has 0 aromatic rings. The molecule has 0 aliphatic carbocycles. The first-order chi connectivity index (χ1) is 6.26. The van der Waals surface area contributed by atoms with Gasteiger partial charge in [0.2, 0.25) is 5.91 Å². The lowest BCUT2D eigenvalue weighted by Gasteiger charge is -2.22. The summed E-state index contributed by atoms with van der Waals surface area (Å²) < 4.78 is 5.01. The predicted octanol–water partition coefficient (Wildman–Crippen LogP) is -0.175. The molecule has 5 heteroatoms. The number of ether oxygens (including phenoxy) is 1. The molecule has 1 amide bonds. The van der Waals surface area contributed by atoms with Crippen LogP contribution in [0.3, 0.4) is 0 Å². The molecule has 0 saturated carbocycles. The number of carbonyl (C=O) groups excluding carboxylic acids is 2. The summed E-state index contributed by atoms with van der Waals surface area (Å²) in [4.78, 5) is 22.0. The van der Waals surface area contributed by atoms with Gasteiger partial charge in [-0.3, -0.25) is 4.79 Å². The molecule has 0 heterocycles. The van der Waals surface area contributed by atoms with Crippen molar-refractivity contribution in [3.63, 3.8) is 0 Å². The minimum atomic E-state index is -0.742. The lowest BCUT2D eigenvalue weighted by molar-refractivity contribution is -0.158. The van der Waals surface area contributed by atoms with E-state index in [4.69, 9.17) is 9.84 Å². The number of esters is 1. The fraction of sp³-hybridized carbons (Fsp3) is 0.778. The van der Waals surface area contributed by atoms with Crippen molar-refractivity contribution >= 4 is 11.9 Å². The maximum absolute atomic E-state index is 11.3. The molecule has 0 fully saturated rings. The molecule has 2 N–H and O–H groups in total. The molecule has 0 aliphatic heterocycles. The van der Waals surface area contributed by atoms with Gasteiger partial charge in [0, 0.05) is 0 Å². The number of amides is 1. The Kier molecular flexibility index (Phi) is 4.56.